The second-order valence-electron chi connectivity index (χ2n) is 14.1. The number of aliphatic hydroxyl groups is 1. The first-order chi connectivity index (χ1) is 22.6. The van der Waals surface area contributed by atoms with E-state index < -0.39 is 23.8 Å². The molecule has 1 unspecified atom stereocenters. The van der Waals surface area contributed by atoms with Crippen molar-refractivity contribution in [3.8, 4) is 0 Å². The second kappa shape index (κ2) is 18.6. The van der Waals surface area contributed by atoms with E-state index in [0.717, 1.165) is 63.5 Å². The van der Waals surface area contributed by atoms with Crippen LogP contribution < -0.4 is 10.6 Å². The maximum Gasteiger partial charge on any atom is 0.407 e. The highest BCUT2D eigenvalue weighted by atomic mass is 16.6. The quantitative estimate of drug-likeness (QED) is 0.162. The van der Waals surface area contributed by atoms with E-state index in [0.29, 0.717) is 19.5 Å². The summed E-state index contributed by atoms with van der Waals surface area (Å²) >= 11 is 0. The van der Waals surface area contributed by atoms with Crippen LogP contribution in [0, 0.1) is 5.92 Å². The van der Waals surface area contributed by atoms with Gasteiger partial charge in [0.2, 0.25) is 5.91 Å². The number of hydrogen-bond acceptors (Lipinski definition) is 5. The van der Waals surface area contributed by atoms with Crippen LogP contribution in [0.2, 0.25) is 0 Å². The monoisotopic (exact) mass is 641 g/mol. The van der Waals surface area contributed by atoms with Crippen LogP contribution in [0.5, 0.6) is 0 Å². The van der Waals surface area contributed by atoms with Crippen LogP contribution >= 0.6 is 0 Å². The molecule has 47 heavy (non-hydrogen) atoms. The number of nitrogens with one attached hydrogen (secondary N) is 2. The Labute approximate surface area is 282 Å². The molecule has 1 fully saturated rings. The number of aryl methyl sites for hydroxylation is 2. The molecule has 1 heterocycles. The number of piperidine rings is 1. The number of rotatable bonds is 16. The van der Waals surface area contributed by atoms with E-state index in [9.17, 15) is 14.7 Å². The van der Waals surface area contributed by atoms with Crippen molar-refractivity contribution < 1.29 is 19.4 Å². The predicted molar refractivity (Wildman–Crippen MR) is 189 cm³/mol. The van der Waals surface area contributed by atoms with Crippen molar-refractivity contribution in [2.75, 3.05) is 19.6 Å². The maximum absolute atomic E-state index is 13.7. The van der Waals surface area contributed by atoms with Crippen molar-refractivity contribution in [3.05, 3.63) is 108 Å². The minimum Gasteiger partial charge on any atom is -0.444 e. The second-order valence-corrected chi connectivity index (χ2v) is 14.1. The first kappa shape index (κ1) is 36.2. The van der Waals surface area contributed by atoms with Crippen LogP contribution in [-0.4, -0.2) is 65.4 Å². The van der Waals surface area contributed by atoms with Crippen molar-refractivity contribution >= 4 is 12.0 Å². The van der Waals surface area contributed by atoms with E-state index in [2.05, 4.69) is 64.1 Å². The van der Waals surface area contributed by atoms with Crippen molar-refractivity contribution in [1.29, 1.82) is 0 Å². The number of β-amino-alcohol motifs (C(OH)–C–C–N with tert-alkyl or cyclic N) is 1. The number of likely N-dealkylation sites (tertiary alicyclic amines) is 1. The van der Waals surface area contributed by atoms with Gasteiger partial charge in [-0.05, 0) is 102 Å². The van der Waals surface area contributed by atoms with Crippen LogP contribution in [0.1, 0.15) is 76.0 Å². The third-order valence-electron chi connectivity index (χ3n) is 8.85. The molecule has 0 spiro atoms. The lowest BCUT2D eigenvalue weighted by molar-refractivity contribution is -0.127. The zero-order valence-corrected chi connectivity index (χ0v) is 28.6. The summed E-state index contributed by atoms with van der Waals surface area (Å²) in [6, 6.07) is 30.5. The summed E-state index contributed by atoms with van der Waals surface area (Å²) in [6.45, 7) is 7.24. The molecule has 3 aromatic rings. The molecule has 7 nitrogen and oxygen atoms in total. The fourth-order valence-corrected chi connectivity index (χ4v) is 6.44. The minimum absolute atomic E-state index is 0.112. The highest BCUT2D eigenvalue weighted by Gasteiger charge is 2.31. The Balaban J connectivity index is 1.33. The van der Waals surface area contributed by atoms with Gasteiger partial charge in [-0.2, -0.15) is 0 Å². The SMILES string of the molecule is CC(C)(C)OC(=O)N[C@H](Cc1ccccc1)[C@@H](O)CN1CCCC(C(=O)NC(CCCc2ccccc2)CCCc2ccccc2)C1. The van der Waals surface area contributed by atoms with Gasteiger partial charge in [-0.15, -0.1) is 0 Å². The van der Waals surface area contributed by atoms with Gasteiger partial charge in [0.15, 0.2) is 0 Å². The molecule has 3 N–H and O–H groups in total. The molecule has 0 aromatic heterocycles. The average molecular weight is 642 g/mol. The third kappa shape index (κ3) is 13.5. The molecule has 0 saturated carbocycles. The number of hydrogen-bond donors (Lipinski definition) is 3. The van der Waals surface area contributed by atoms with Gasteiger partial charge in [-0.25, -0.2) is 4.79 Å². The lowest BCUT2D eigenvalue weighted by Gasteiger charge is -2.36. The standard InChI is InChI=1S/C40H55N3O4/c1-40(2,3)47-39(46)42-36(28-33-20-11-6-12-21-33)37(44)30-43-27-15-24-34(29-43)38(45)41-35(25-13-22-31-16-7-4-8-17-31)26-14-23-32-18-9-5-10-19-32/h4-12,16-21,34-37,44H,13-15,22-30H2,1-3H3,(H,41,45)(H,42,46)/t34?,36-,37+/m1/s1. The van der Waals surface area contributed by atoms with Crippen molar-refractivity contribution in [3.63, 3.8) is 0 Å². The zero-order chi connectivity index (χ0) is 33.5. The van der Waals surface area contributed by atoms with E-state index in [1.807, 2.05) is 63.2 Å². The minimum atomic E-state index is -0.826. The van der Waals surface area contributed by atoms with E-state index >= 15 is 0 Å². The number of carbonyl (C=O) groups excluding carboxylic acids is 2. The average Bonchev–Trinajstić information content (AvgIpc) is 3.05. The first-order valence-electron chi connectivity index (χ1n) is 17.5. The number of carbonyl (C=O) groups is 2. The number of benzene rings is 3. The summed E-state index contributed by atoms with van der Waals surface area (Å²) in [5.74, 6) is -0.0191. The molecule has 1 aliphatic rings. The van der Waals surface area contributed by atoms with Crippen molar-refractivity contribution in [1.82, 2.24) is 15.5 Å². The van der Waals surface area contributed by atoms with Gasteiger partial charge < -0.3 is 20.5 Å². The summed E-state index contributed by atoms with van der Waals surface area (Å²) < 4.78 is 5.51. The molecule has 4 rings (SSSR count). The molecular weight excluding hydrogens is 586 g/mol. The Morgan fingerprint density at radius 3 is 1.89 bits per heavy atom. The number of ether oxygens (including phenoxy) is 1. The van der Waals surface area contributed by atoms with E-state index in [1.54, 1.807) is 0 Å². The molecule has 2 amide bonds. The van der Waals surface area contributed by atoms with Crippen LogP contribution in [-0.2, 0) is 28.8 Å². The van der Waals surface area contributed by atoms with Gasteiger partial charge in [-0.1, -0.05) is 91.0 Å². The summed E-state index contributed by atoms with van der Waals surface area (Å²) in [6.07, 6.45) is 6.78. The predicted octanol–water partition coefficient (Wildman–Crippen LogP) is 6.73. The molecule has 0 bridgehead atoms. The fourth-order valence-electron chi connectivity index (χ4n) is 6.44. The Hall–Kier alpha value is -3.68. The zero-order valence-electron chi connectivity index (χ0n) is 28.6. The topological polar surface area (TPSA) is 90.9 Å². The highest BCUT2D eigenvalue weighted by molar-refractivity contribution is 5.79. The fraction of sp³-hybridized carbons (Fsp3) is 0.500. The molecule has 1 aliphatic heterocycles. The Bertz CT molecular complexity index is 1280. The Kier molecular flexibility index (Phi) is 14.3. The van der Waals surface area contributed by atoms with Gasteiger partial charge in [0.05, 0.1) is 18.1 Å². The van der Waals surface area contributed by atoms with E-state index in [4.69, 9.17) is 4.74 Å². The summed E-state index contributed by atoms with van der Waals surface area (Å²) in [7, 11) is 0. The van der Waals surface area contributed by atoms with E-state index in [1.165, 1.54) is 11.1 Å². The number of aliphatic hydroxyl groups excluding tert-OH is 1. The smallest absolute Gasteiger partial charge is 0.407 e. The molecule has 1 saturated heterocycles. The molecule has 0 aliphatic carbocycles. The Morgan fingerprint density at radius 1 is 0.830 bits per heavy atom. The number of alkyl carbamates (subject to hydrolysis) is 1. The largest absolute Gasteiger partial charge is 0.444 e. The lowest BCUT2D eigenvalue weighted by Crippen LogP contribution is -2.53. The number of amides is 2. The summed E-state index contributed by atoms with van der Waals surface area (Å²) in [4.78, 5) is 28.6. The molecular formula is C40H55N3O4. The first-order valence-corrected chi connectivity index (χ1v) is 17.5. The molecule has 3 aromatic carbocycles. The van der Waals surface area contributed by atoms with Crippen LogP contribution in [0.15, 0.2) is 91.0 Å². The van der Waals surface area contributed by atoms with Crippen LogP contribution in [0.25, 0.3) is 0 Å². The normalized spacial score (nSPS) is 16.7. The highest BCUT2D eigenvalue weighted by Crippen LogP contribution is 2.20. The number of nitrogens with zero attached hydrogens (tertiary/aromatic N) is 1. The van der Waals surface area contributed by atoms with Gasteiger partial charge in [-0.3, -0.25) is 9.69 Å². The van der Waals surface area contributed by atoms with E-state index in [-0.39, 0.29) is 17.9 Å². The van der Waals surface area contributed by atoms with Gasteiger partial charge >= 0.3 is 6.09 Å². The maximum atomic E-state index is 13.7. The Morgan fingerprint density at radius 2 is 1.36 bits per heavy atom. The van der Waals surface area contributed by atoms with Crippen molar-refractivity contribution in [2.45, 2.75) is 102 Å². The van der Waals surface area contributed by atoms with Gasteiger partial charge in [0, 0.05) is 19.1 Å². The van der Waals surface area contributed by atoms with Crippen molar-refractivity contribution in [2.24, 2.45) is 5.92 Å². The molecule has 7 heteroatoms. The molecule has 254 valence electrons. The van der Waals surface area contributed by atoms with Crippen LogP contribution in [0.4, 0.5) is 4.79 Å². The third-order valence-corrected chi connectivity index (χ3v) is 8.85. The van der Waals surface area contributed by atoms with Gasteiger partial charge in [0.25, 0.3) is 0 Å². The lowest BCUT2D eigenvalue weighted by atomic mass is 9.94. The van der Waals surface area contributed by atoms with Gasteiger partial charge in [0.1, 0.15) is 5.60 Å². The summed E-state index contributed by atoms with van der Waals surface area (Å²) in [5.41, 5.74) is 3.04. The molecule has 0 radical (unpaired) electrons. The summed E-state index contributed by atoms with van der Waals surface area (Å²) in [5, 5.41) is 17.8. The molecule has 3 atom stereocenters. The van der Waals surface area contributed by atoms with Crippen LogP contribution in [0.3, 0.4) is 0 Å².